The molecule has 0 bridgehead atoms. The minimum absolute atomic E-state index is 0.0281. The van der Waals surface area contributed by atoms with Gasteiger partial charge in [-0.15, -0.1) is 10.2 Å². The lowest BCUT2D eigenvalue weighted by atomic mass is 9.86. The van der Waals surface area contributed by atoms with Crippen LogP contribution in [-0.4, -0.2) is 239 Å². The number of piperazine rings is 1. The number of hydrogen-bond donors (Lipinski definition) is 13. The lowest BCUT2D eigenvalue weighted by Gasteiger charge is -2.42. The van der Waals surface area contributed by atoms with Crippen molar-refractivity contribution in [2.75, 3.05) is 57.3 Å². The van der Waals surface area contributed by atoms with E-state index in [4.69, 9.17) is 16.0 Å². The first-order chi connectivity index (χ1) is 44.5. The van der Waals surface area contributed by atoms with Gasteiger partial charge in [0, 0.05) is 99.4 Å². The Labute approximate surface area is 543 Å². The average molecular weight is 1330 g/mol. The van der Waals surface area contributed by atoms with E-state index in [-0.39, 0.29) is 35.7 Å². The monoisotopic (exact) mass is 1330 g/mol. The number of hydrogen-bond acceptors (Lipinski definition) is 24. The van der Waals surface area contributed by atoms with Crippen molar-refractivity contribution in [2.24, 2.45) is 11.8 Å². The molecule has 4 saturated heterocycles. The molecule has 4 aliphatic heterocycles. The largest absolute Gasteiger partial charge is 0.504 e. The van der Waals surface area contributed by atoms with Gasteiger partial charge in [0.05, 0.1) is 30.5 Å². The predicted molar refractivity (Wildman–Crippen MR) is 333 cm³/mol. The standard InChI is InChI=1S/C61H78N12O18S2/c1-31-5-14-38(15-6-31)70-19-21-71(22-20-70)39-16-12-37(13-17-39)59-69-68-58(92-59)36-10-8-35(9-11-36)53(81)64-42-25-40(75)27-63-57(85)51-52(80)32(2)29-73(51)61(87)50(46(79)28-62-4)67-56(84)49(45(78)23-34-7-18-44(77)47(24-34)89-93-91-90-88)66-55(83)43-26-41(76)30-72(43)60(86)48(33(3)74)65-54(42)82/h7-13,16-18,24,31-33,38,40-43,45-46,48-52,74-80,88H,5-6,14-15,19-23,25-30H2,1-3H3,(H,63,85)(H,64,81)(H,65,82)(H,66,83)(H,67,84)/t31?,32-,33+,38?,40+,41+,42?,43-,45+,46+,48-,49-,50-,51-,52-/m0/s1. The fourth-order valence-corrected chi connectivity index (χ4v) is 13.6. The number of rotatable bonds is 16. The fraction of sp³-hybridized carbons (Fsp3) is 0.541. The molecule has 5 fully saturated rings. The molecule has 93 heavy (non-hydrogen) atoms. The predicted octanol–water partition coefficient (Wildman–Crippen LogP) is -0.491. The summed E-state index contributed by atoms with van der Waals surface area (Å²) in [6.07, 6.45) is -7.16. The zero-order valence-electron chi connectivity index (χ0n) is 51.2. The van der Waals surface area contributed by atoms with Crippen molar-refractivity contribution in [3.63, 3.8) is 0 Å². The van der Waals surface area contributed by atoms with Crippen molar-refractivity contribution < 1.29 is 88.1 Å². The molecule has 32 heteroatoms. The van der Waals surface area contributed by atoms with Gasteiger partial charge in [0.1, 0.15) is 46.3 Å². The van der Waals surface area contributed by atoms with Crippen LogP contribution in [0.25, 0.3) is 26.0 Å². The molecule has 4 aromatic rings. The summed E-state index contributed by atoms with van der Waals surface area (Å²) in [6.45, 7) is 14.0. The minimum Gasteiger partial charge on any atom is -0.504 e. The van der Waals surface area contributed by atoms with Crippen LogP contribution in [0, 0.1) is 18.4 Å². The summed E-state index contributed by atoms with van der Waals surface area (Å²) in [6, 6.07) is 7.22. The van der Waals surface area contributed by atoms with E-state index >= 15 is 0 Å². The topological polar surface area (TPSA) is 412 Å². The number of phenolic OH excluding ortho intramolecular Hbond substituents is 1. The number of carbonyl (C=O) groups is 7. The molecule has 9 rings (SSSR count). The van der Waals surface area contributed by atoms with Crippen LogP contribution in [-0.2, 0) is 44.6 Å². The van der Waals surface area contributed by atoms with Crippen molar-refractivity contribution in [2.45, 2.75) is 145 Å². The molecule has 1 aliphatic carbocycles. The number of fused-ring (bicyclic) bond motifs is 2. The normalized spacial score (nSPS) is 28.3. The fourth-order valence-electron chi connectivity index (χ4n) is 12.5. The van der Waals surface area contributed by atoms with Crippen LogP contribution < -0.4 is 35.7 Å². The quantitative estimate of drug-likeness (QED) is 0.0221. The summed E-state index contributed by atoms with van der Waals surface area (Å²) in [5.74, 6) is -8.78. The van der Waals surface area contributed by atoms with E-state index < -0.39 is 165 Å². The molecule has 1 unspecified atom stereocenters. The number of β-amino-alcohol motifs (C(OH)–C–C–N with tert-alkyl or cyclic N) is 1. The van der Waals surface area contributed by atoms with Gasteiger partial charge in [-0.25, -0.2) is 11.8 Å². The average Bonchev–Trinajstić information content (AvgIpc) is 1.71. The summed E-state index contributed by atoms with van der Waals surface area (Å²) in [5, 5.41) is 113. The van der Waals surface area contributed by atoms with Gasteiger partial charge < -0.3 is 86.1 Å². The number of nitrogens with one attached hydrogen (secondary N) is 5. The molecule has 5 aliphatic rings. The Morgan fingerprint density at radius 1 is 0.763 bits per heavy atom. The van der Waals surface area contributed by atoms with E-state index in [1.165, 1.54) is 62.1 Å². The summed E-state index contributed by atoms with van der Waals surface area (Å²) in [7, 11) is 0. The number of aromatic hydroxyl groups is 1. The zero-order valence-corrected chi connectivity index (χ0v) is 52.9. The Balaban J connectivity index is 0.950. The molecule has 13 N–H and O–H groups in total. The highest BCUT2D eigenvalue weighted by atomic mass is 32.2. The highest BCUT2D eigenvalue weighted by Crippen LogP contribution is 2.35. The van der Waals surface area contributed by atoms with E-state index in [0.29, 0.717) is 21.6 Å². The van der Waals surface area contributed by atoms with Crippen LogP contribution >= 0.6 is 23.7 Å². The second-order valence-electron chi connectivity index (χ2n) is 24.4. The van der Waals surface area contributed by atoms with Crippen molar-refractivity contribution in [3.05, 3.63) is 89.3 Å². The summed E-state index contributed by atoms with van der Waals surface area (Å²) in [5.41, 5.74) is 2.76. The molecule has 502 valence electrons. The molecule has 0 radical (unpaired) electrons. The highest BCUT2D eigenvalue weighted by Gasteiger charge is 2.50. The number of benzene rings is 3. The van der Waals surface area contributed by atoms with Crippen LogP contribution in [0.15, 0.2) is 66.7 Å². The molecular formula is C61H78N12O18S2. The lowest BCUT2D eigenvalue weighted by molar-refractivity contribution is -0.433. The van der Waals surface area contributed by atoms with Crippen molar-refractivity contribution in [1.82, 2.24) is 51.5 Å². The van der Waals surface area contributed by atoms with Crippen LogP contribution in [0.3, 0.4) is 0 Å². The number of aliphatic hydroxyl groups excluding tert-OH is 6. The zero-order chi connectivity index (χ0) is 66.8. The van der Waals surface area contributed by atoms with Gasteiger partial charge in [-0.05, 0) is 92.6 Å². The van der Waals surface area contributed by atoms with Gasteiger partial charge in [-0.2, -0.15) is 0 Å². The second-order valence-corrected chi connectivity index (χ2v) is 25.8. The summed E-state index contributed by atoms with van der Waals surface area (Å²) in [4.78, 5) is 111. The van der Waals surface area contributed by atoms with Crippen LogP contribution in [0.4, 0.5) is 5.69 Å². The van der Waals surface area contributed by atoms with Crippen LogP contribution in [0.2, 0.25) is 0 Å². The molecule has 7 amide bonds. The number of anilines is 1. The van der Waals surface area contributed by atoms with E-state index in [1.54, 1.807) is 12.1 Å². The molecular weight excluding hydrogens is 1250 g/mol. The van der Waals surface area contributed by atoms with Crippen LogP contribution in [0.1, 0.15) is 75.2 Å². The number of aromatic nitrogens is 2. The Morgan fingerprint density at radius 2 is 1.40 bits per heavy atom. The molecule has 3 aromatic carbocycles. The Kier molecular flexibility index (Phi) is 23.6. The van der Waals surface area contributed by atoms with Gasteiger partial charge in [-0.3, -0.25) is 38.5 Å². The van der Waals surface area contributed by atoms with Gasteiger partial charge in [0.15, 0.2) is 17.6 Å². The Hall–Kier alpha value is -7.65. The van der Waals surface area contributed by atoms with Gasteiger partial charge in [0.2, 0.25) is 42.0 Å². The Bertz CT molecular complexity index is 3330. The highest BCUT2D eigenvalue weighted by molar-refractivity contribution is 7.90. The first-order valence-electron chi connectivity index (χ1n) is 30.7. The minimum atomic E-state index is -2.15. The van der Waals surface area contributed by atoms with E-state index in [0.717, 1.165) is 72.2 Å². The number of amides is 7. The second kappa shape index (κ2) is 31.5. The smallest absolute Gasteiger partial charge is 0.261 e. The number of carbonyl (C=O) groups excluding carboxylic acids is 7. The lowest BCUT2D eigenvalue weighted by Crippen LogP contribution is -2.64. The van der Waals surface area contributed by atoms with Crippen molar-refractivity contribution >= 4 is 70.7 Å². The van der Waals surface area contributed by atoms with E-state index in [1.807, 2.05) is 12.1 Å². The number of phenols is 1. The van der Waals surface area contributed by atoms with E-state index in [9.17, 15) is 69.3 Å². The third-order valence-corrected chi connectivity index (χ3v) is 19.2. The first-order valence-corrected chi connectivity index (χ1v) is 32.2. The molecule has 5 heterocycles. The SMILES string of the molecule is [C-]#[N+]C[C@@H](O)[C@@H]1NC(=O)[C@H]([C@H](O)Cc2ccc(O)c(OSOOO)c2)NC(=O)[C@@H]2C[C@@H](O)CN2C(=O)[C@H]([C@@H](C)O)NC(=O)C(NC(=O)c2ccc(-c3nnc(-c4ccc(N5CCN(C6CCC(C)CC6)CC5)cc4)s3)cc2)C[C@@H](O)CNC(=O)[C@@H]2[C@@H](O)[C@@H](C)CN2C1=O. The molecule has 13 atom stereocenters. The van der Waals surface area contributed by atoms with Gasteiger partial charge in [-0.1, -0.05) is 52.8 Å². The molecule has 0 spiro atoms. The molecule has 1 saturated carbocycles. The molecule has 30 nitrogen and oxygen atoms in total. The number of nitrogens with zero attached hydrogens (tertiary/aromatic N) is 7. The summed E-state index contributed by atoms with van der Waals surface area (Å²) >= 11 is 1.41. The number of aliphatic hydroxyl groups is 6. The Morgan fingerprint density at radius 3 is 2.04 bits per heavy atom. The van der Waals surface area contributed by atoms with Crippen molar-refractivity contribution in [1.29, 1.82) is 0 Å². The van der Waals surface area contributed by atoms with E-state index in [2.05, 4.69) is 79.9 Å². The third-order valence-electron chi connectivity index (χ3n) is 17.8. The van der Waals surface area contributed by atoms with Crippen molar-refractivity contribution in [3.8, 4) is 32.6 Å². The maximum absolute atomic E-state index is 14.7. The molecule has 1 aromatic heterocycles. The maximum atomic E-state index is 14.7. The van der Waals surface area contributed by atoms with Gasteiger partial charge in [0.25, 0.3) is 18.2 Å². The maximum Gasteiger partial charge on any atom is 0.261 e. The first kappa shape index (κ1) is 69.7. The van der Waals surface area contributed by atoms with Gasteiger partial charge >= 0.3 is 0 Å². The summed E-state index contributed by atoms with van der Waals surface area (Å²) < 4.78 is 9.33. The third kappa shape index (κ3) is 17.0. The van der Waals surface area contributed by atoms with Crippen LogP contribution in [0.5, 0.6) is 11.5 Å².